The third-order valence-electron chi connectivity index (χ3n) is 4.23. The summed E-state index contributed by atoms with van der Waals surface area (Å²) in [5.41, 5.74) is 1.51. The van der Waals surface area contributed by atoms with Crippen LogP contribution in [0.3, 0.4) is 0 Å². The van der Waals surface area contributed by atoms with Gasteiger partial charge in [-0.15, -0.1) is 0 Å². The maximum atomic E-state index is 13.1. The number of anilines is 1. The smallest absolute Gasteiger partial charge is 0.249 e. The van der Waals surface area contributed by atoms with Crippen LogP contribution in [0, 0.1) is 0 Å². The van der Waals surface area contributed by atoms with E-state index in [4.69, 9.17) is 21.1 Å². The van der Waals surface area contributed by atoms with E-state index in [1.54, 1.807) is 31.3 Å². The van der Waals surface area contributed by atoms with Crippen molar-refractivity contribution >= 4 is 23.2 Å². The molecule has 0 saturated carbocycles. The Bertz CT molecular complexity index is 733. The predicted octanol–water partition coefficient (Wildman–Crippen LogP) is 4.38. The largest absolute Gasteiger partial charge is 0.495 e. The molecule has 0 spiro atoms. The van der Waals surface area contributed by atoms with Crippen molar-refractivity contribution in [1.82, 2.24) is 4.90 Å². The molecule has 26 heavy (non-hydrogen) atoms. The molecule has 5 nitrogen and oxygen atoms in total. The van der Waals surface area contributed by atoms with Crippen molar-refractivity contribution in [3.63, 3.8) is 0 Å². The van der Waals surface area contributed by atoms with E-state index in [-0.39, 0.29) is 5.91 Å². The number of methoxy groups -OCH3 is 2. The van der Waals surface area contributed by atoms with Crippen molar-refractivity contribution in [2.24, 2.45) is 0 Å². The number of rotatable bonds is 8. The van der Waals surface area contributed by atoms with E-state index in [2.05, 4.69) is 5.32 Å². The lowest BCUT2D eigenvalue weighted by Gasteiger charge is -2.27. The number of nitrogens with zero attached hydrogens (tertiary/aromatic N) is 1. The molecule has 2 rings (SSSR count). The second-order valence-corrected chi connectivity index (χ2v) is 6.09. The van der Waals surface area contributed by atoms with Crippen molar-refractivity contribution < 1.29 is 14.3 Å². The molecule has 6 heteroatoms. The van der Waals surface area contributed by atoms with Gasteiger partial charge in [-0.25, -0.2) is 0 Å². The zero-order chi connectivity index (χ0) is 19.1. The lowest BCUT2D eigenvalue weighted by Crippen LogP contribution is -2.37. The van der Waals surface area contributed by atoms with Gasteiger partial charge in [0.15, 0.2) is 0 Å². The molecule has 140 valence electrons. The van der Waals surface area contributed by atoms with Crippen LogP contribution in [0.2, 0.25) is 5.02 Å². The summed E-state index contributed by atoms with van der Waals surface area (Å²) in [4.78, 5) is 14.9. The van der Waals surface area contributed by atoms with Crippen LogP contribution in [-0.4, -0.2) is 38.1 Å². The van der Waals surface area contributed by atoms with Gasteiger partial charge in [-0.1, -0.05) is 41.9 Å². The van der Waals surface area contributed by atoms with Gasteiger partial charge in [-0.05, 0) is 25.5 Å². The molecule has 0 aliphatic heterocycles. The summed E-state index contributed by atoms with van der Waals surface area (Å²) < 4.78 is 10.7. The predicted molar refractivity (Wildman–Crippen MR) is 105 cm³/mol. The number of nitrogens with one attached hydrogen (secondary N) is 1. The number of carbonyl (C=O) groups excluding carboxylic acids is 1. The molecule has 2 aromatic carbocycles. The van der Waals surface area contributed by atoms with Crippen LogP contribution in [0.5, 0.6) is 11.5 Å². The minimum Gasteiger partial charge on any atom is -0.495 e. The van der Waals surface area contributed by atoms with Gasteiger partial charge in [0.1, 0.15) is 17.5 Å². The molecule has 1 atom stereocenters. The van der Waals surface area contributed by atoms with Crippen molar-refractivity contribution in [3.05, 3.63) is 53.1 Å². The summed E-state index contributed by atoms with van der Waals surface area (Å²) in [6, 6.07) is 12.5. The Labute approximate surface area is 159 Å². The summed E-state index contributed by atoms with van der Waals surface area (Å²) >= 11 is 6.27. The Morgan fingerprint density at radius 1 is 1.08 bits per heavy atom. The monoisotopic (exact) mass is 376 g/mol. The fraction of sp³-hybridized carbons (Fsp3) is 0.350. The van der Waals surface area contributed by atoms with Crippen LogP contribution in [-0.2, 0) is 4.79 Å². The number of benzene rings is 2. The molecular weight excluding hydrogens is 352 g/mol. The molecule has 1 N–H and O–H groups in total. The molecule has 1 amide bonds. The molecule has 0 radical (unpaired) electrons. The van der Waals surface area contributed by atoms with Crippen molar-refractivity contribution in [2.75, 3.05) is 32.6 Å². The highest BCUT2D eigenvalue weighted by molar-refractivity contribution is 6.32. The van der Waals surface area contributed by atoms with Gasteiger partial charge < -0.3 is 19.7 Å². The highest BCUT2D eigenvalue weighted by atomic mass is 35.5. The quantitative estimate of drug-likeness (QED) is 0.742. The van der Waals surface area contributed by atoms with E-state index in [0.717, 1.165) is 5.56 Å². The molecule has 0 aromatic heterocycles. The summed E-state index contributed by atoms with van der Waals surface area (Å²) in [6.45, 7) is 5.21. The number of carbonyl (C=O) groups is 1. The van der Waals surface area contributed by atoms with Gasteiger partial charge in [0, 0.05) is 19.2 Å². The van der Waals surface area contributed by atoms with E-state index < -0.39 is 6.04 Å². The Balaban J connectivity index is 2.45. The second-order valence-electron chi connectivity index (χ2n) is 5.69. The van der Waals surface area contributed by atoms with E-state index in [9.17, 15) is 4.79 Å². The van der Waals surface area contributed by atoms with Crippen molar-refractivity contribution in [2.45, 2.75) is 19.9 Å². The Hall–Kier alpha value is -2.40. The second kappa shape index (κ2) is 9.34. The fourth-order valence-electron chi connectivity index (χ4n) is 2.78. The molecule has 0 bridgehead atoms. The standard InChI is InChI=1S/C20H25ClN2O3/c1-5-23(6-2)20(24)19(14-10-8-7-9-11-14)22-16-12-15(21)17(25-3)13-18(16)26-4/h7-13,19,22H,5-6H2,1-4H3/t19-/m1/s1. The minimum atomic E-state index is -0.547. The van der Waals surface area contributed by atoms with Gasteiger partial charge in [0.2, 0.25) is 5.91 Å². The molecule has 0 fully saturated rings. The summed E-state index contributed by atoms with van der Waals surface area (Å²) in [7, 11) is 3.11. The zero-order valence-electron chi connectivity index (χ0n) is 15.6. The molecule has 2 aromatic rings. The van der Waals surface area contributed by atoms with Gasteiger partial charge in [-0.3, -0.25) is 4.79 Å². The lowest BCUT2D eigenvalue weighted by molar-refractivity contribution is -0.131. The number of hydrogen-bond donors (Lipinski definition) is 1. The Kier molecular flexibility index (Phi) is 7.16. The zero-order valence-corrected chi connectivity index (χ0v) is 16.3. The SMILES string of the molecule is CCN(CC)C(=O)[C@H](Nc1cc(Cl)c(OC)cc1OC)c1ccccc1. The summed E-state index contributed by atoms with van der Waals surface area (Å²) in [6.07, 6.45) is 0. The van der Waals surface area contributed by atoms with Crippen molar-refractivity contribution in [3.8, 4) is 11.5 Å². The average Bonchev–Trinajstić information content (AvgIpc) is 2.67. The normalized spacial score (nSPS) is 11.6. The minimum absolute atomic E-state index is 0.00445. The van der Waals surface area contributed by atoms with Crippen LogP contribution in [0.15, 0.2) is 42.5 Å². The van der Waals surface area contributed by atoms with Gasteiger partial charge in [0.05, 0.1) is 24.9 Å². The summed E-state index contributed by atoms with van der Waals surface area (Å²) in [5, 5.41) is 3.74. The highest BCUT2D eigenvalue weighted by Gasteiger charge is 2.26. The van der Waals surface area contributed by atoms with Crippen LogP contribution in [0.1, 0.15) is 25.5 Å². The molecule has 0 unspecified atom stereocenters. The van der Waals surface area contributed by atoms with Crippen LogP contribution in [0.25, 0.3) is 0 Å². The number of amides is 1. The summed E-state index contributed by atoms with van der Waals surface area (Å²) in [5.74, 6) is 1.06. The fourth-order valence-corrected chi connectivity index (χ4v) is 3.02. The van der Waals surface area contributed by atoms with Gasteiger partial charge in [0.25, 0.3) is 0 Å². The Morgan fingerprint density at radius 2 is 1.69 bits per heavy atom. The third kappa shape index (κ3) is 4.41. The van der Waals surface area contributed by atoms with E-state index in [1.165, 1.54) is 0 Å². The highest BCUT2D eigenvalue weighted by Crippen LogP contribution is 2.37. The number of halogens is 1. The maximum Gasteiger partial charge on any atom is 0.249 e. The van der Waals surface area contributed by atoms with E-state index >= 15 is 0 Å². The van der Waals surface area contributed by atoms with Crippen LogP contribution in [0.4, 0.5) is 5.69 Å². The van der Waals surface area contributed by atoms with Crippen LogP contribution < -0.4 is 14.8 Å². The number of ether oxygens (including phenoxy) is 2. The van der Waals surface area contributed by atoms with Crippen LogP contribution >= 0.6 is 11.6 Å². The molecule has 0 heterocycles. The van der Waals surface area contributed by atoms with Gasteiger partial charge in [-0.2, -0.15) is 0 Å². The topological polar surface area (TPSA) is 50.8 Å². The molecule has 0 saturated heterocycles. The number of likely N-dealkylation sites (N-methyl/N-ethyl adjacent to an activating group) is 1. The van der Waals surface area contributed by atoms with Gasteiger partial charge >= 0.3 is 0 Å². The maximum absolute atomic E-state index is 13.1. The molecule has 0 aliphatic carbocycles. The first kappa shape index (κ1) is 19.9. The molecular formula is C20H25ClN2O3. The first-order chi connectivity index (χ1) is 12.5. The third-order valence-corrected chi connectivity index (χ3v) is 4.52. The van der Waals surface area contributed by atoms with E-state index in [1.807, 2.05) is 44.2 Å². The van der Waals surface area contributed by atoms with E-state index in [0.29, 0.717) is 35.3 Å². The first-order valence-electron chi connectivity index (χ1n) is 8.57. The Morgan fingerprint density at radius 3 is 2.23 bits per heavy atom. The van der Waals surface area contributed by atoms with Crippen molar-refractivity contribution in [1.29, 1.82) is 0 Å². The molecule has 0 aliphatic rings. The average molecular weight is 377 g/mol. The number of hydrogen-bond acceptors (Lipinski definition) is 4. The first-order valence-corrected chi connectivity index (χ1v) is 8.95. The lowest BCUT2D eigenvalue weighted by atomic mass is 10.0.